The molecule has 2 aromatic heterocycles. The summed E-state index contributed by atoms with van der Waals surface area (Å²) in [7, 11) is -3.41. The number of anilines is 2. The van der Waals surface area contributed by atoms with Crippen molar-refractivity contribution in [3.05, 3.63) is 59.4 Å². The first-order valence-corrected chi connectivity index (χ1v) is 13.5. The van der Waals surface area contributed by atoms with Crippen molar-refractivity contribution >= 4 is 38.1 Å². The Balaban J connectivity index is 1.52. The minimum atomic E-state index is -3.41. The zero-order valence-corrected chi connectivity index (χ0v) is 20.5. The predicted octanol–water partition coefficient (Wildman–Crippen LogP) is 4.68. The van der Waals surface area contributed by atoms with E-state index in [2.05, 4.69) is 26.1 Å². The molecule has 1 aliphatic rings. The van der Waals surface area contributed by atoms with E-state index in [-0.39, 0.29) is 11.2 Å². The van der Waals surface area contributed by atoms with Gasteiger partial charge in [-0.15, -0.1) is 11.3 Å². The molecule has 0 saturated heterocycles. The fourth-order valence-corrected chi connectivity index (χ4v) is 6.24. The number of benzene rings is 1. The van der Waals surface area contributed by atoms with Gasteiger partial charge in [0.15, 0.2) is 5.13 Å². The molecule has 10 heteroatoms. The maximum Gasteiger partial charge on any atom is 0.237 e. The summed E-state index contributed by atoms with van der Waals surface area (Å²) in [6.07, 6.45) is 5.56. The van der Waals surface area contributed by atoms with E-state index < -0.39 is 15.4 Å². The number of sulfonamides is 1. The third kappa shape index (κ3) is 4.81. The van der Waals surface area contributed by atoms with Crippen molar-refractivity contribution in [3.63, 3.8) is 0 Å². The summed E-state index contributed by atoms with van der Waals surface area (Å²) in [4.78, 5) is 22.0. The highest BCUT2D eigenvalue weighted by atomic mass is 32.2. The molecule has 0 radical (unpaired) electrons. The van der Waals surface area contributed by atoms with Gasteiger partial charge in [-0.25, -0.2) is 13.4 Å². The van der Waals surface area contributed by atoms with Crippen LogP contribution in [0.2, 0.25) is 0 Å². The van der Waals surface area contributed by atoms with Crippen LogP contribution in [-0.4, -0.2) is 29.5 Å². The molecule has 1 saturated carbocycles. The number of rotatable bonds is 9. The van der Waals surface area contributed by atoms with Crippen molar-refractivity contribution in [1.29, 1.82) is 5.26 Å². The summed E-state index contributed by atoms with van der Waals surface area (Å²) in [5.74, 6) is -0.194. The molecule has 8 nitrogen and oxygen atoms in total. The van der Waals surface area contributed by atoms with Gasteiger partial charge in [-0.1, -0.05) is 26.0 Å². The Morgan fingerprint density at radius 3 is 2.50 bits per heavy atom. The molecule has 2 heterocycles. The molecule has 0 unspecified atom stereocenters. The maximum atomic E-state index is 13.4. The van der Waals surface area contributed by atoms with Crippen LogP contribution in [0.4, 0.5) is 10.8 Å². The van der Waals surface area contributed by atoms with Gasteiger partial charge in [0.05, 0.1) is 21.9 Å². The Morgan fingerprint density at radius 2 is 1.88 bits per heavy atom. The standard InChI is InChI=1S/C24H25N5O3S2/c1-3-24(4-2,21-15-33-23(28-21)29-34(31,32)20-9-10-20)22(30)27-19-7-5-17(6-8-19)18-11-16(12-25)13-26-14-18/h5-8,11,13-15,20H,3-4,9-10H2,1-2H3,(H,27,30)(H,28,29). The monoisotopic (exact) mass is 495 g/mol. The highest BCUT2D eigenvalue weighted by molar-refractivity contribution is 7.93. The molecule has 0 atom stereocenters. The minimum Gasteiger partial charge on any atom is -0.325 e. The number of nitrogens with zero attached hydrogens (tertiary/aromatic N) is 3. The first-order chi connectivity index (χ1) is 16.3. The normalized spacial score (nSPS) is 13.8. The molecule has 4 rings (SSSR count). The molecule has 0 aliphatic heterocycles. The van der Waals surface area contributed by atoms with Crippen molar-refractivity contribution in [2.45, 2.75) is 50.2 Å². The van der Waals surface area contributed by atoms with E-state index in [1.165, 1.54) is 17.5 Å². The van der Waals surface area contributed by atoms with Gasteiger partial charge in [0.1, 0.15) is 6.07 Å². The average molecular weight is 496 g/mol. The zero-order chi connectivity index (χ0) is 24.3. The Bertz CT molecular complexity index is 1340. The molecule has 1 fully saturated rings. The summed E-state index contributed by atoms with van der Waals surface area (Å²) < 4.78 is 27.1. The summed E-state index contributed by atoms with van der Waals surface area (Å²) >= 11 is 1.20. The lowest BCUT2D eigenvalue weighted by atomic mass is 9.78. The molecular formula is C24H25N5O3S2. The minimum absolute atomic E-state index is 0.194. The zero-order valence-electron chi connectivity index (χ0n) is 18.9. The molecular weight excluding hydrogens is 470 g/mol. The number of hydrogen-bond acceptors (Lipinski definition) is 7. The number of nitriles is 1. The number of aromatic nitrogens is 2. The van der Waals surface area contributed by atoms with E-state index in [9.17, 15) is 13.2 Å². The van der Waals surface area contributed by atoms with E-state index in [4.69, 9.17) is 5.26 Å². The van der Waals surface area contributed by atoms with Crippen molar-refractivity contribution < 1.29 is 13.2 Å². The fraction of sp³-hybridized carbons (Fsp3) is 0.333. The second-order valence-electron chi connectivity index (χ2n) is 8.28. The Hall–Kier alpha value is -3.29. The number of pyridine rings is 1. The van der Waals surface area contributed by atoms with Gasteiger partial charge in [-0.2, -0.15) is 5.26 Å². The van der Waals surface area contributed by atoms with Crippen LogP contribution in [0, 0.1) is 11.3 Å². The van der Waals surface area contributed by atoms with E-state index in [0.29, 0.717) is 47.8 Å². The highest BCUT2D eigenvalue weighted by Crippen LogP contribution is 2.37. The highest BCUT2D eigenvalue weighted by Gasteiger charge is 2.40. The summed E-state index contributed by atoms with van der Waals surface area (Å²) in [6, 6.07) is 11.2. The van der Waals surface area contributed by atoms with Crippen LogP contribution in [0.25, 0.3) is 11.1 Å². The lowest BCUT2D eigenvalue weighted by Gasteiger charge is -2.28. The van der Waals surface area contributed by atoms with Crippen molar-refractivity contribution in [3.8, 4) is 17.2 Å². The lowest BCUT2D eigenvalue weighted by Crippen LogP contribution is -2.39. The molecule has 2 N–H and O–H groups in total. The lowest BCUT2D eigenvalue weighted by molar-refractivity contribution is -0.122. The molecule has 176 valence electrons. The Labute approximate surface area is 203 Å². The van der Waals surface area contributed by atoms with Gasteiger partial charge >= 0.3 is 0 Å². The van der Waals surface area contributed by atoms with E-state index >= 15 is 0 Å². The van der Waals surface area contributed by atoms with Gasteiger partial charge in [-0.3, -0.25) is 14.5 Å². The second-order valence-corrected chi connectivity index (χ2v) is 11.1. The Kier molecular flexibility index (Phi) is 6.68. The second kappa shape index (κ2) is 9.52. The van der Waals surface area contributed by atoms with E-state index in [1.54, 1.807) is 29.8 Å². The van der Waals surface area contributed by atoms with Crippen LogP contribution in [0.1, 0.15) is 50.8 Å². The Morgan fingerprint density at radius 1 is 1.18 bits per heavy atom. The third-order valence-corrected chi connectivity index (χ3v) is 8.89. The van der Waals surface area contributed by atoms with E-state index in [1.807, 2.05) is 26.0 Å². The van der Waals surface area contributed by atoms with Crippen LogP contribution < -0.4 is 10.0 Å². The van der Waals surface area contributed by atoms with Crippen LogP contribution >= 0.6 is 11.3 Å². The maximum absolute atomic E-state index is 13.4. The van der Waals surface area contributed by atoms with Gasteiger partial charge in [0, 0.05) is 29.0 Å². The fourth-order valence-electron chi connectivity index (χ4n) is 3.83. The smallest absolute Gasteiger partial charge is 0.237 e. The number of carbonyl (C=O) groups is 1. The third-order valence-electron chi connectivity index (χ3n) is 6.17. The number of nitrogens with one attached hydrogen (secondary N) is 2. The molecule has 1 aromatic carbocycles. The van der Waals surface area contributed by atoms with Crippen molar-refractivity contribution in [2.24, 2.45) is 0 Å². The van der Waals surface area contributed by atoms with Crippen LogP contribution in [0.3, 0.4) is 0 Å². The van der Waals surface area contributed by atoms with Crippen LogP contribution in [0.15, 0.2) is 48.1 Å². The quantitative estimate of drug-likeness (QED) is 0.444. The molecule has 1 amide bonds. The summed E-state index contributed by atoms with van der Waals surface area (Å²) in [5.41, 5.74) is 2.49. The largest absolute Gasteiger partial charge is 0.325 e. The summed E-state index contributed by atoms with van der Waals surface area (Å²) in [5, 5.41) is 13.8. The molecule has 1 aliphatic carbocycles. The topological polar surface area (TPSA) is 125 Å². The van der Waals surface area contributed by atoms with Crippen molar-refractivity contribution in [1.82, 2.24) is 9.97 Å². The van der Waals surface area contributed by atoms with Gasteiger partial charge in [0.25, 0.3) is 0 Å². The summed E-state index contributed by atoms with van der Waals surface area (Å²) in [6.45, 7) is 3.85. The number of carbonyl (C=O) groups excluding carboxylic acids is 1. The van der Waals surface area contributed by atoms with Crippen molar-refractivity contribution in [2.75, 3.05) is 10.0 Å². The SMILES string of the molecule is CCC(CC)(C(=O)Nc1ccc(-c2cncc(C#N)c2)cc1)c1csc(NS(=O)(=O)C2CC2)n1. The van der Waals surface area contributed by atoms with E-state index in [0.717, 1.165) is 11.1 Å². The molecule has 34 heavy (non-hydrogen) atoms. The van der Waals surface area contributed by atoms with Crippen LogP contribution in [-0.2, 0) is 20.2 Å². The predicted molar refractivity (Wildman–Crippen MR) is 133 cm³/mol. The van der Waals surface area contributed by atoms with Gasteiger partial charge in [0.2, 0.25) is 15.9 Å². The van der Waals surface area contributed by atoms with Gasteiger partial charge in [-0.05, 0) is 49.4 Å². The average Bonchev–Trinajstić information content (AvgIpc) is 3.62. The molecule has 0 bridgehead atoms. The molecule has 0 spiro atoms. The number of thiazole rings is 1. The first kappa shape index (κ1) is 23.9. The number of amides is 1. The molecule has 3 aromatic rings. The van der Waals surface area contributed by atoms with Gasteiger partial charge < -0.3 is 5.32 Å². The van der Waals surface area contributed by atoms with Crippen LogP contribution in [0.5, 0.6) is 0 Å². The number of hydrogen-bond donors (Lipinski definition) is 2. The first-order valence-electron chi connectivity index (χ1n) is 11.1.